The minimum absolute atomic E-state index is 0.0894. The number of hydrogen-bond acceptors (Lipinski definition) is 3. The highest BCUT2D eigenvalue weighted by Crippen LogP contribution is 2.20. The highest BCUT2D eigenvalue weighted by atomic mass is 16.1. The van der Waals surface area contributed by atoms with E-state index in [2.05, 4.69) is 5.32 Å². The van der Waals surface area contributed by atoms with Crippen molar-refractivity contribution in [2.75, 3.05) is 6.54 Å². The summed E-state index contributed by atoms with van der Waals surface area (Å²) in [4.78, 5) is 10.8. The lowest BCUT2D eigenvalue weighted by molar-refractivity contribution is -0.118. The molecule has 0 spiro atoms. The monoisotopic (exact) mass is 230 g/mol. The second-order valence-electron chi connectivity index (χ2n) is 3.78. The van der Waals surface area contributed by atoms with Crippen molar-refractivity contribution in [3.63, 3.8) is 0 Å². The van der Waals surface area contributed by atoms with Gasteiger partial charge in [-0.1, -0.05) is 0 Å². The molecular formula is C12H14N4O. The average Bonchev–Trinajstić information content (AvgIpc) is 2.51. The molecule has 1 N–H and O–H groups in total. The summed E-state index contributed by atoms with van der Waals surface area (Å²) in [5.41, 5.74) is 2.39. The number of hydrogen-bond donors (Lipinski definition) is 1. The first-order valence-corrected chi connectivity index (χ1v) is 5.27. The van der Waals surface area contributed by atoms with Crippen molar-refractivity contribution in [2.24, 2.45) is 0 Å². The zero-order chi connectivity index (χ0) is 13.0. The van der Waals surface area contributed by atoms with Crippen molar-refractivity contribution in [3.8, 4) is 12.1 Å². The summed E-state index contributed by atoms with van der Waals surface area (Å²) in [6, 6.07) is 4.09. The summed E-state index contributed by atoms with van der Waals surface area (Å²) in [5, 5.41) is 20.7. The highest BCUT2D eigenvalue weighted by Gasteiger charge is 2.16. The van der Waals surface area contributed by atoms with Crippen LogP contribution in [0.25, 0.3) is 0 Å². The molecule has 17 heavy (non-hydrogen) atoms. The lowest BCUT2D eigenvalue weighted by Gasteiger charge is -2.09. The van der Waals surface area contributed by atoms with E-state index in [1.54, 1.807) is 13.8 Å². The number of carbonyl (C=O) groups excluding carboxylic acids is 1. The van der Waals surface area contributed by atoms with E-state index >= 15 is 0 Å². The van der Waals surface area contributed by atoms with Gasteiger partial charge < -0.3 is 9.88 Å². The minimum Gasteiger partial charge on any atom is -0.355 e. The van der Waals surface area contributed by atoms with Crippen molar-refractivity contribution >= 4 is 5.91 Å². The van der Waals surface area contributed by atoms with Gasteiger partial charge in [0.15, 0.2) is 0 Å². The third-order valence-corrected chi connectivity index (χ3v) is 2.72. The van der Waals surface area contributed by atoms with Crippen LogP contribution in [0.15, 0.2) is 0 Å². The van der Waals surface area contributed by atoms with E-state index in [1.165, 1.54) is 6.92 Å². The van der Waals surface area contributed by atoms with Gasteiger partial charge in [0.05, 0.1) is 11.1 Å². The van der Waals surface area contributed by atoms with Crippen molar-refractivity contribution in [2.45, 2.75) is 27.3 Å². The SMILES string of the molecule is CC(=O)NCCn1c(C)c(C#N)c(C#N)c1C. The standard InChI is InChI=1S/C12H14N4O/c1-8-11(6-13)12(7-14)9(2)16(8)5-4-15-10(3)17/h4-5H2,1-3H3,(H,15,17). The molecule has 1 aromatic heterocycles. The van der Waals surface area contributed by atoms with Crippen LogP contribution in [0.1, 0.15) is 29.4 Å². The molecule has 0 aliphatic carbocycles. The third-order valence-electron chi connectivity index (χ3n) is 2.72. The zero-order valence-corrected chi connectivity index (χ0v) is 10.2. The van der Waals surface area contributed by atoms with Gasteiger partial charge in [0.2, 0.25) is 5.91 Å². The minimum atomic E-state index is -0.0894. The number of nitrogens with one attached hydrogen (secondary N) is 1. The van der Waals surface area contributed by atoms with E-state index in [-0.39, 0.29) is 5.91 Å². The fourth-order valence-electron chi connectivity index (χ4n) is 1.84. The molecule has 5 nitrogen and oxygen atoms in total. The number of rotatable bonds is 3. The molecule has 0 fully saturated rings. The van der Waals surface area contributed by atoms with Crippen molar-refractivity contribution in [1.29, 1.82) is 10.5 Å². The maximum Gasteiger partial charge on any atom is 0.216 e. The van der Waals surface area contributed by atoms with Crippen LogP contribution >= 0.6 is 0 Å². The van der Waals surface area contributed by atoms with Crippen molar-refractivity contribution in [1.82, 2.24) is 9.88 Å². The molecule has 0 unspecified atom stereocenters. The van der Waals surface area contributed by atoms with Gasteiger partial charge in [-0.05, 0) is 13.8 Å². The van der Waals surface area contributed by atoms with Gasteiger partial charge in [-0.15, -0.1) is 0 Å². The van der Waals surface area contributed by atoms with Crippen LogP contribution in [-0.4, -0.2) is 17.0 Å². The summed E-state index contributed by atoms with van der Waals surface area (Å²) < 4.78 is 1.88. The largest absolute Gasteiger partial charge is 0.355 e. The Kier molecular flexibility index (Phi) is 3.90. The number of nitrogens with zero attached hydrogens (tertiary/aromatic N) is 3. The molecule has 0 saturated carbocycles. The molecule has 0 atom stereocenters. The molecule has 0 saturated heterocycles. The fourth-order valence-corrected chi connectivity index (χ4v) is 1.84. The zero-order valence-electron chi connectivity index (χ0n) is 10.2. The van der Waals surface area contributed by atoms with Gasteiger partial charge in [-0.2, -0.15) is 10.5 Å². The van der Waals surface area contributed by atoms with Crippen LogP contribution in [0.4, 0.5) is 0 Å². The Morgan fingerprint density at radius 1 is 1.24 bits per heavy atom. The summed E-state index contributed by atoms with van der Waals surface area (Å²) in [5.74, 6) is -0.0894. The molecule has 1 heterocycles. The van der Waals surface area contributed by atoms with Crippen molar-refractivity contribution < 1.29 is 4.79 Å². The first-order chi connectivity index (χ1) is 8.02. The number of carbonyl (C=O) groups is 1. The van der Waals surface area contributed by atoms with Crippen molar-refractivity contribution in [3.05, 3.63) is 22.5 Å². The molecule has 1 amide bonds. The predicted octanol–water partition coefficient (Wildman–Crippen LogP) is 0.984. The smallest absolute Gasteiger partial charge is 0.216 e. The van der Waals surface area contributed by atoms with Crippen LogP contribution in [0.5, 0.6) is 0 Å². The maximum absolute atomic E-state index is 10.8. The lowest BCUT2D eigenvalue weighted by atomic mass is 10.1. The van der Waals surface area contributed by atoms with E-state index in [0.29, 0.717) is 24.2 Å². The topological polar surface area (TPSA) is 81.6 Å². The first kappa shape index (κ1) is 12.8. The van der Waals surface area contributed by atoms with Crippen LogP contribution in [0.3, 0.4) is 0 Å². The quantitative estimate of drug-likeness (QED) is 0.840. The normalized spacial score (nSPS) is 9.47. The molecule has 1 aromatic rings. The second kappa shape index (κ2) is 5.18. The Hall–Kier alpha value is -2.27. The first-order valence-electron chi connectivity index (χ1n) is 5.27. The lowest BCUT2D eigenvalue weighted by Crippen LogP contribution is -2.25. The maximum atomic E-state index is 10.8. The van der Waals surface area contributed by atoms with Gasteiger partial charge in [0, 0.05) is 31.4 Å². The molecule has 5 heteroatoms. The fraction of sp³-hybridized carbons (Fsp3) is 0.417. The van der Waals surface area contributed by atoms with E-state index in [1.807, 2.05) is 16.7 Å². The van der Waals surface area contributed by atoms with Gasteiger partial charge in [0.25, 0.3) is 0 Å². The summed E-state index contributed by atoms with van der Waals surface area (Å²) >= 11 is 0. The Labute approximate surface area is 100 Å². The predicted molar refractivity (Wildman–Crippen MR) is 62.0 cm³/mol. The average molecular weight is 230 g/mol. The Balaban J connectivity index is 3.02. The Morgan fingerprint density at radius 2 is 1.71 bits per heavy atom. The molecule has 0 aliphatic heterocycles. The van der Waals surface area contributed by atoms with Crippen LogP contribution < -0.4 is 5.32 Å². The molecule has 0 aliphatic rings. The highest BCUT2D eigenvalue weighted by molar-refractivity contribution is 5.72. The number of amides is 1. The van der Waals surface area contributed by atoms with E-state index < -0.39 is 0 Å². The van der Waals surface area contributed by atoms with Gasteiger partial charge in [-0.3, -0.25) is 4.79 Å². The Bertz CT molecular complexity index is 491. The number of nitriles is 2. The Morgan fingerprint density at radius 3 is 2.06 bits per heavy atom. The molecule has 0 bridgehead atoms. The van der Waals surface area contributed by atoms with Gasteiger partial charge in [-0.25, -0.2) is 0 Å². The van der Waals surface area contributed by atoms with Gasteiger partial charge in [0.1, 0.15) is 12.1 Å². The third kappa shape index (κ3) is 2.46. The van der Waals surface area contributed by atoms with Crippen LogP contribution in [-0.2, 0) is 11.3 Å². The van der Waals surface area contributed by atoms with E-state index in [4.69, 9.17) is 10.5 Å². The number of aromatic nitrogens is 1. The molecule has 1 rings (SSSR count). The molecule has 0 radical (unpaired) electrons. The van der Waals surface area contributed by atoms with Gasteiger partial charge >= 0.3 is 0 Å². The summed E-state index contributed by atoms with van der Waals surface area (Å²) in [7, 11) is 0. The van der Waals surface area contributed by atoms with E-state index in [9.17, 15) is 4.79 Å². The van der Waals surface area contributed by atoms with E-state index in [0.717, 1.165) is 11.4 Å². The summed E-state index contributed by atoms with van der Waals surface area (Å²) in [6.45, 7) is 6.12. The molecular weight excluding hydrogens is 216 g/mol. The van der Waals surface area contributed by atoms with Crippen LogP contribution in [0.2, 0.25) is 0 Å². The van der Waals surface area contributed by atoms with Crippen LogP contribution in [0, 0.1) is 36.5 Å². The summed E-state index contributed by atoms with van der Waals surface area (Å²) in [6.07, 6.45) is 0. The molecule has 0 aromatic carbocycles. The molecule has 88 valence electrons. The second-order valence-corrected chi connectivity index (χ2v) is 3.78.